The summed E-state index contributed by atoms with van der Waals surface area (Å²) >= 11 is 2.10. The van der Waals surface area contributed by atoms with Crippen LogP contribution < -0.4 is 5.32 Å². The number of nitrogens with zero attached hydrogens (tertiary/aromatic N) is 2. The molecule has 1 unspecified atom stereocenters. The number of aliphatic imine (C=N–C) groups is 1. The second kappa shape index (κ2) is 10.8. The molecule has 6 heteroatoms. The molecule has 146 valence electrons. The molecule has 0 spiro atoms. The van der Waals surface area contributed by atoms with Crippen molar-refractivity contribution in [2.75, 3.05) is 45.6 Å². The fourth-order valence-corrected chi connectivity index (χ4v) is 5.04. The first-order valence-corrected chi connectivity index (χ1v) is 10.5. The van der Waals surface area contributed by atoms with Gasteiger partial charge in [-0.15, -0.1) is 24.0 Å². The largest absolute Gasteiger partial charge is 0.381 e. The molecule has 0 aliphatic carbocycles. The number of benzene rings is 1. The molecule has 1 N–H and O–H groups in total. The highest BCUT2D eigenvalue weighted by Crippen LogP contribution is 2.34. The molecular weight excluding hydrogens is 457 g/mol. The van der Waals surface area contributed by atoms with Gasteiger partial charge in [-0.25, -0.2) is 0 Å². The number of hydrogen-bond acceptors (Lipinski definition) is 3. The molecule has 2 aliphatic rings. The molecule has 1 aromatic carbocycles. The van der Waals surface area contributed by atoms with E-state index in [1.165, 1.54) is 17.7 Å². The van der Waals surface area contributed by atoms with E-state index in [0.717, 1.165) is 56.9 Å². The van der Waals surface area contributed by atoms with Crippen LogP contribution in [0.15, 0.2) is 35.3 Å². The summed E-state index contributed by atoms with van der Waals surface area (Å²) in [5, 5.41) is 4.42. The van der Waals surface area contributed by atoms with Crippen LogP contribution in [0.1, 0.15) is 31.7 Å². The van der Waals surface area contributed by atoms with Crippen LogP contribution in [0.25, 0.3) is 0 Å². The minimum Gasteiger partial charge on any atom is -0.381 e. The van der Waals surface area contributed by atoms with Crippen molar-refractivity contribution < 1.29 is 4.74 Å². The predicted molar refractivity (Wildman–Crippen MR) is 123 cm³/mol. The average Bonchev–Trinajstić information content (AvgIpc) is 2.70. The molecule has 0 saturated carbocycles. The van der Waals surface area contributed by atoms with E-state index in [9.17, 15) is 0 Å². The quantitative estimate of drug-likeness (QED) is 0.397. The van der Waals surface area contributed by atoms with Gasteiger partial charge in [-0.1, -0.05) is 37.3 Å². The fraction of sp³-hybridized carbons (Fsp3) is 0.650. The molecule has 1 aromatic rings. The van der Waals surface area contributed by atoms with Gasteiger partial charge in [-0.05, 0) is 24.8 Å². The highest BCUT2D eigenvalue weighted by Gasteiger charge is 2.35. The zero-order valence-electron chi connectivity index (χ0n) is 15.9. The highest BCUT2D eigenvalue weighted by atomic mass is 127. The van der Waals surface area contributed by atoms with E-state index in [-0.39, 0.29) is 29.4 Å². The SMILES string of the molecule is CCC1CN(C(=NC)NCC2(c3ccccc3)CCOCC2)CCS1.I. The molecule has 26 heavy (non-hydrogen) atoms. The maximum absolute atomic E-state index is 5.65. The summed E-state index contributed by atoms with van der Waals surface area (Å²) in [6.07, 6.45) is 3.35. The zero-order chi connectivity index (χ0) is 17.5. The first-order chi connectivity index (χ1) is 12.3. The molecule has 4 nitrogen and oxygen atoms in total. The topological polar surface area (TPSA) is 36.9 Å². The van der Waals surface area contributed by atoms with E-state index in [2.05, 4.69) is 64.2 Å². The molecule has 2 saturated heterocycles. The minimum atomic E-state index is 0. The molecule has 2 aliphatic heterocycles. The van der Waals surface area contributed by atoms with Gasteiger partial charge >= 0.3 is 0 Å². The van der Waals surface area contributed by atoms with E-state index < -0.39 is 0 Å². The van der Waals surface area contributed by atoms with Gasteiger partial charge in [0.1, 0.15) is 0 Å². The smallest absolute Gasteiger partial charge is 0.193 e. The van der Waals surface area contributed by atoms with Crippen molar-refractivity contribution in [2.45, 2.75) is 36.9 Å². The highest BCUT2D eigenvalue weighted by molar-refractivity contribution is 14.0. The van der Waals surface area contributed by atoms with Crippen molar-refractivity contribution >= 4 is 41.7 Å². The average molecular weight is 489 g/mol. The number of rotatable bonds is 4. The maximum atomic E-state index is 5.65. The summed E-state index contributed by atoms with van der Waals surface area (Å²) in [5.41, 5.74) is 1.56. The van der Waals surface area contributed by atoms with Gasteiger partial charge in [0.2, 0.25) is 0 Å². The van der Waals surface area contributed by atoms with Crippen LogP contribution in [-0.2, 0) is 10.2 Å². The Morgan fingerprint density at radius 1 is 1.31 bits per heavy atom. The second-order valence-electron chi connectivity index (χ2n) is 7.01. The van der Waals surface area contributed by atoms with Crippen LogP contribution in [0, 0.1) is 0 Å². The lowest BCUT2D eigenvalue weighted by molar-refractivity contribution is 0.0511. The van der Waals surface area contributed by atoms with Crippen LogP contribution in [0.5, 0.6) is 0 Å². The van der Waals surface area contributed by atoms with E-state index in [1.54, 1.807) is 0 Å². The normalized spacial score (nSPS) is 23.2. The number of halogens is 1. The van der Waals surface area contributed by atoms with Crippen LogP contribution >= 0.6 is 35.7 Å². The Bertz CT molecular complexity index is 563. The molecule has 2 heterocycles. The van der Waals surface area contributed by atoms with E-state index >= 15 is 0 Å². The van der Waals surface area contributed by atoms with Crippen LogP contribution in [-0.4, -0.2) is 61.8 Å². The van der Waals surface area contributed by atoms with Gasteiger partial charge in [0.05, 0.1) is 0 Å². The summed E-state index contributed by atoms with van der Waals surface area (Å²) in [7, 11) is 1.91. The van der Waals surface area contributed by atoms with Crippen molar-refractivity contribution in [1.82, 2.24) is 10.2 Å². The summed E-state index contributed by atoms with van der Waals surface area (Å²) in [6.45, 7) is 7.07. The Morgan fingerprint density at radius 3 is 2.69 bits per heavy atom. The monoisotopic (exact) mass is 489 g/mol. The Hall–Kier alpha value is -0.470. The second-order valence-corrected chi connectivity index (χ2v) is 8.41. The molecular formula is C20H32IN3OS. The lowest BCUT2D eigenvalue weighted by atomic mass is 9.74. The molecule has 0 aromatic heterocycles. The van der Waals surface area contributed by atoms with Gasteiger partial charge in [0.25, 0.3) is 0 Å². The van der Waals surface area contributed by atoms with Gasteiger partial charge in [-0.3, -0.25) is 4.99 Å². The first-order valence-electron chi connectivity index (χ1n) is 9.48. The summed E-state index contributed by atoms with van der Waals surface area (Å²) in [4.78, 5) is 7.01. The number of guanidine groups is 1. The minimum absolute atomic E-state index is 0. The third kappa shape index (κ3) is 5.29. The van der Waals surface area contributed by atoms with Crippen molar-refractivity contribution in [3.8, 4) is 0 Å². The number of hydrogen-bond donors (Lipinski definition) is 1. The summed E-state index contributed by atoms with van der Waals surface area (Å²) in [6, 6.07) is 10.9. The third-order valence-corrected chi connectivity index (χ3v) is 6.90. The number of thioether (sulfide) groups is 1. The first kappa shape index (κ1) is 21.8. The fourth-order valence-electron chi connectivity index (χ4n) is 3.86. The number of ether oxygens (including phenoxy) is 1. The van der Waals surface area contributed by atoms with Gasteiger partial charge < -0.3 is 15.0 Å². The summed E-state index contributed by atoms with van der Waals surface area (Å²) < 4.78 is 5.65. The van der Waals surface area contributed by atoms with E-state index in [1.807, 2.05) is 7.05 Å². The van der Waals surface area contributed by atoms with Crippen molar-refractivity contribution in [3.05, 3.63) is 35.9 Å². The maximum Gasteiger partial charge on any atom is 0.193 e. The van der Waals surface area contributed by atoms with Crippen LogP contribution in [0.2, 0.25) is 0 Å². The Labute approximate surface area is 179 Å². The Kier molecular flexibility index (Phi) is 9.03. The van der Waals surface area contributed by atoms with Crippen molar-refractivity contribution in [2.24, 2.45) is 4.99 Å². The molecule has 0 radical (unpaired) electrons. The molecule has 1 atom stereocenters. The van der Waals surface area contributed by atoms with Crippen molar-refractivity contribution in [1.29, 1.82) is 0 Å². The molecule has 2 fully saturated rings. The van der Waals surface area contributed by atoms with E-state index in [0.29, 0.717) is 0 Å². The Morgan fingerprint density at radius 2 is 2.04 bits per heavy atom. The molecule has 0 amide bonds. The third-order valence-electron chi connectivity index (χ3n) is 5.53. The predicted octanol–water partition coefficient (Wildman–Crippen LogP) is 3.76. The van der Waals surface area contributed by atoms with Gasteiger partial charge in [0, 0.05) is 56.3 Å². The lowest BCUT2D eigenvalue weighted by Crippen LogP contribution is -2.52. The van der Waals surface area contributed by atoms with Gasteiger partial charge in [-0.2, -0.15) is 11.8 Å². The van der Waals surface area contributed by atoms with Crippen molar-refractivity contribution in [3.63, 3.8) is 0 Å². The van der Waals surface area contributed by atoms with Crippen LogP contribution in [0.4, 0.5) is 0 Å². The number of nitrogens with one attached hydrogen (secondary N) is 1. The standard InChI is InChI=1S/C20H31N3OS.HI/c1-3-18-15-23(11-14-25-18)19(21-2)22-16-20(9-12-24-13-10-20)17-7-5-4-6-8-17;/h4-8,18H,3,9-16H2,1-2H3,(H,21,22);1H. The zero-order valence-corrected chi connectivity index (χ0v) is 19.1. The molecule has 3 rings (SSSR count). The molecule has 0 bridgehead atoms. The lowest BCUT2D eigenvalue weighted by Gasteiger charge is -2.40. The van der Waals surface area contributed by atoms with Crippen LogP contribution in [0.3, 0.4) is 0 Å². The Balaban J connectivity index is 0.00000243. The summed E-state index contributed by atoms with van der Waals surface area (Å²) in [5.74, 6) is 2.25. The van der Waals surface area contributed by atoms with E-state index in [4.69, 9.17) is 4.74 Å². The van der Waals surface area contributed by atoms with Gasteiger partial charge in [0.15, 0.2) is 5.96 Å².